The van der Waals surface area contributed by atoms with Crippen LogP contribution in [-0.2, 0) is 4.79 Å². The number of Topliss-reactive ketones (excluding diaryl/α,β-unsaturated/α-hetero) is 2. The summed E-state index contributed by atoms with van der Waals surface area (Å²) in [5, 5.41) is 0. The molecule has 2 nitrogen and oxygen atoms in total. The average molecular weight is 429 g/mol. The quantitative estimate of drug-likeness (QED) is 0.101. The molecule has 0 bridgehead atoms. The predicted octanol–water partition coefficient (Wildman–Crippen LogP) is 7.17. The van der Waals surface area contributed by atoms with Crippen LogP contribution >= 0.6 is 0 Å². The standard InChI is InChI=1S/C26H42O2.Ca.2H/c1-2-3-4-5-6-7-8-9-10-11-12-13-14-15-19-22-25(27)23-26(28)24-20-17-16-18-21-24;;;/h16-18,20-21H,2-15,19,22-23H2,1H3;;;. The second kappa shape index (κ2) is 21.1. The van der Waals surface area contributed by atoms with E-state index in [4.69, 9.17) is 0 Å². The van der Waals surface area contributed by atoms with Crippen molar-refractivity contribution in [3.63, 3.8) is 0 Å². The van der Waals surface area contributed by atoms with Crippen molar-refractivity contribution < 1.29 is 9.59 Å². The van der Waals surface area contributed by atoms with Crippen molar-refractivity contribution in [1.29, 1.82) is 0 Å². The number of benzene rings is 1. The molecular weight excluding hydrogens is 384 g/mol. The number of carbonyl (C=O) groups excluding carboxylic acids is 2. The fourth-order valence-electron chi connectivity index (χ4n) is 3.69. The SMILES string of the molecule is CCCCCCCCCCCCCCCCCC(=O)CC(=O)c1ccccc1.[CaH2]. The van der Waals surface area contributed by atoms with E-state index in [1.807, 2.05) is 18.2 Å². The number of carbonyl (C=O) groups is 2. The normalized spacial score (nSPS) is 10.5. The molecule has 0 aromatic heterocycles. The van der Waals surface area contributed by atoms with Crippen LogP contribution < -0.4 is 0 Å². The van der Waals surface area contributed by atoms with E-state index in [1.165, 1.54) is 83.5 Å². The van der Waals surface area contributed by atoms with E-state index in [9.17, 15) is 9.59 Å². The summed E-state index contributed by atoms with van der Waals surface area (Å²) in [6.07, 6.45) is 20.5. The Bertz CT molecular complexity index is 513. The van der Waals surface area contributed by atoms with Gasteiger partial charge in [0.15, 0.2) is 5.78 Å². The Hall–Kier alpha value is -0.180. The van der Waals surface area contributed by atoms with Gasteiger partial charge in [0.2, 0.25) is 0 Å². The van der Waals surface area contributed by atoms with Gasteiger partial charge in [0.05, 0.1) is 6.42 Å². The van der Waals surface area contributed by atoms with Crippen LogP contribution in [0.2, 0.25) is 0 Å². The topological polar surface area (TPSA) is 34.1 Å². The third-order valence-corrected chi connectivity index (χ3v) is 5.51. The van der Waals surface area contributed by atoms with Crippen LogP contribution in [0.4, 0.5) is 0 Å². The minimum absolute atomic E-state index is 0. The second-order valence-electron chi connectivity index (χ2n) is 8.20. The van der Waals surface area contributed by atoms with Gasteiger partial charge in [0.1, 0.15) is 5.78 Å². The molecule has 0 saturated heterocycles. The van der Waals surface area contributed by atoms with Crippen molar-refractivity contribution >= 4 is 49.3 Å². The molecule has 0 atom stereocenters. The summed E-state index contributed by atoms with van der Waals surface area (Å²) in [4.78, 5) is 23.9. The molecule has 1 aromatic rings. The van der Waals surface area contributed by atoms with E-state index in [1.54, 1.807) is 12.1 Å². The number of unbranched alkanes of at least 4 members (excludes halogenated alkanes) is 14. The fourth-order valence-corrected chi connectivity index (χ4v) is 3.69. The predicted molar refractivity (Wildman–Crippen MR) is 128 cm³/mol. The van der Waals surface area contributed by atoms with E-state index in [0.29, 0.717) is 12.0 Å². The Labute approximate surface area is 209 Å². The van der Waals surface area contributed by atoms with Crippen LogP contribution in [0.25, 0.3) is 0 Å². The molecule has 1 rings (SSSR count). The van der Waals surface area contributed by atoms with Crippen LogP contribution in [0.15, 0.2) is 30.3 Å². The Morgan fingerprint density at radius 2 is 1.03 bits per heavy atom. The number of hydrogen-bond acceptors (Lipinski definition) is 2. The molecular formula is C26H44CaO2. The first-order valence-electron chi connectivity index (χ1n) is 11.8. The zero-order chi connectivity index (χ0) is 20.3. The molecule has 0 aliphatic rings. The summed E-state index contributed by atoms with van der Waals surface area (Å²) >= 11 is 0. The van der Waals surface area contributed by atoms with Crippen LogP contribution in [-0.4, -0.2) is 49.3 Å². The van der Waals surface area contributed by atoms with E-state index in [-0.39, 0.29) is 55.7 Å². The fraction of sp³-hybridized carbons (Fsp3) is 0.692. The first kappa shape index (κ1) is 28.8. The van der Waals surface area contributed by atoms with Gasteiger partial charge in [-0.1, -0.05) is 127 Å². The first-order valence-corrected chi connectivity index (χ1v) is 11.8. The Balaban J connectivity index is 0.00000784. The molecule has 0 saturated carbocycles. The molecule has 0 fully saturated rings. The molecule has 1 aromatic carbocycles. The van der Waals surface area contributed by atoms with Crippen molar-refractivity contribution in [2.24, 2.45) is 0 Å². The van der Waals surface area contributed by atoms with Gasteiger partial charge in [-0.3, -0.25) is 9.59 Å². The summed E-state index contributed by atoms with van der Waals surface area (Å²) in [6, 6.07) is 9.12. The molecule has 0 aliphatic heterocycles. The molecule has 0 unspecified atom stereocenters. The summed E-state index contributed by atoms with van der Waals surface area (Å²) in [7, 11) is 0. The van der Waals surface area contributed by atoms with Crippen LogP contribution in [0, 0.1) is 0 Å². The van der Waals surface area contributed by atoms with Crippen molar-refractivity contribution in [2.75, 3.05) is 0 Å². The second-order valence-corrected chi connectivity index (χ2v) is 8.20. The van der Waals surface area contributed by atoms with Crippen LogP contribution in [0.1, 0.15) is 126 Å². The van der Waals surface area contributed by atoms with Gasteiger partial charge in [0, 0.05) is 12.0 Å². The number of ketones is 2. The van der Waals surface area contributed by atoms with Gasteiger partial charge < -0.3 is 0 Å². The zero-order valence-corrected chi connectivity index (χ0v) is 18.2. The first-order chi connectivity index (χ1) is 13.7. The maximum absolute atomic E-state index is 12.0. The third kappa shape index (κ3) is 17.2. The summed E-state index contributed by atoms with van der Waals surface area (Å²) in [6.45, 7) is 2.27. The van der Waals surface area contributed by atoms with Gasteiger partial charge in [0.25, 0.3) is 0 Å². The summed E-state index contributed by atoms with van der Waals surface area (Å²) in [5.41, 5.74) is 0.646. The molecule has 0 radical (unpaired) electrons. The number of hydrogen-bond donors (Lipinski definition) is 0. The Morgan fingerprint density at radius 3 is 1.48 bits per heavy atom. The van der Waals surface area contributed by atoms with Crippen molar-refractivity contribution in [2.45, 2.75) is 116 Å². The molecule has 0 aliphatic carbocycles. The van der Waals surface area contributed by atoms with E-state index >= 15 is 0 Å². The third-order valence-electron chi connectivity index (χ3n) is 5.51. The van der Waals surface area contributed by atoms with Crippen molar-refractivity contribution in [3.8, 4) is 0 Å². The monoisotopic (exact) mass is 428 g/mol. The van der Waals surface area contributed by atoms with E-state index in [0.717, 1.165) is 12.8 Å². The van der Waals surface area contributed by atoms with Gasteiger partial charge in [-0.05, 0) is 6.42 Å². The van der Waals surface area contributed by atoms with Crippen LogP contribution in [0.5, 0.6) is 0 Å². The van der Waals surface area contributed by atoms with Gasteiger partial charge in [-0.25, -0.2) is 0 Å². The van der Waals surface area contributed by atoms with Gasteiger partial charge in [-0.15, -0.1) is 0 Å². The van der Waals surface area contributed by atoms with E-state index in [2.05, 4.69) is 6.92 Å². The molecule has 29 heavy (non-hydrogen) atoms. The number of rotatable bonds is 19. The Morgan fingerprint density at radius 1 is 0.621 bits per heavy atom. The molecule has 162 valence electrons. The molecule has 0 amide bonds. The molecule has 3 heteroatoms. The summed E-state index contributed by atoms with van der Waals surface area (Å²) < 4.78 is 0. The van der Waals surface area contributed by atoms with E-state index < -0.39 is 0 Å². The van der Waals surface area contributed by atoms with Crippen molar-refractivity contribution in [3.05, 3.63) is 35.9 Å². The molecule has 0 spiro atoms. The average Bonchev–Trinajstić information content (AvgIpc) is 2.71. The van der Waals surface area contributed by atoms with Crippen molar-refractivity contribution in [1.82, 2.24) is 0 Å². The van der Waals surface area contributed by atoms with Gasteiger partial charge in [-0.2, -0.15) is 0 Å². The molecule has 0 heterocycles. The minimum atomic E-state index is -0.0495. The van der Waals surface area contributed by atoms with Gasteiger partial charge >= 0.3 is 37.7 Å². The summed E-state index contributed by atoms with van der Waals surface area (Å²) in [5.74, 6) is 0.0371. The van der Waals surface area contributed by atoms with Crippen LogP contribution in [0.3, 0.4) is 0 Å². The Kier molecular flexibility index (Phi) is 20.9. The zero-order valence-electron chi connectivity index (χ0n) is 18.2. The molecule has 0 N–H and O–H groups in total. The maximum atomic E-state index is 12.0.